The predicted molar refractivity (Wildman–Crippen MR) is 134 cm³/mol. The largest absolute Gasteiger partial charge is 0.416 e. The second-order valence-corrected chi connectivity index (χ2v) is 20.7. The summed E-state index contributed by atoms with van der Waals surface area (Å²) in [5.41, 5.74) is 0. The van der Waals surface area contributed by atoms with Crippen molar-refractivity contribution in [3.63, 3.8) is 0 Å². The lowest BCUT2D eigenvalue weighted by Gasteiger charge is -2.42. The second kappa shape index (κ2) is 12.3. The molecule has 0 unspecified atom stereocenters. The summed E-state index contributed by atoms with van der Waals surface area (Å²) in [6, 6.07) is 3.21. The predicted octanol–water partition coefficient (Wildman–Crippen LogP) is 6.65. The van der Waals surface area contributed by atoms with Crippen LogP contribution >= 0.6 is 0 Å². The van der Waals surface area contributed by atoms with Gasteiger partial charge in [-0.25, -0.2) is 0 Å². The highest BCUT2D eigenvalue weighted by Crippen LogP contribution is 2.38. The van der Waals surface area contributed by atoms with Gasteiger partial charge in [0.2, 0.25) is 0 Å². The maximum Gasteiger partial charge on any atom is 0.192 e. The molecule has 4 atom stereocenters. The van der Waals surface area contributed by atoms with Gasteiger partial charge in [0.05, 0.1) is 12.2 Å². The molecular formula is C24H52O4Si2. The van der Waals surface area contributed by atoms with Crippen molar-refractivity contribution < 1.29 is 18.8 Å². The van der Waals surface area contributed by atoms with Gasteiger partial charge in [-0.15, -0.1) is 0 Å². The van der Waals surface area contributed by atoms with Gasteiger partial charge in [-0.05, 0) is 36.3 Å². The Bertz CT molecular complexity index is 502. The van der Waals surface area contributed by atoms with Crippen molar-refractivity contribution in [2.45, 2.75) is 124 Å². The number of rotatable bonds is 14. The van der Waals surface area contributed by atoms with Crippen molar-refractivity contribution in [1.82, 2.24) is 0 Å². The van der Waals surface area contributed by atoms with Crippen molar-refractivity contribution in [2.75, 3.05) is 6.61 Å². The molecule has 0 saturated heterocycles. The molecule has 1 N–H and O–H groups in total. The van der Waals surface area contributed by atoms with Crippen molar-refractivity contribution in [3.05, 3.63) is 0 Å². The second-order valence-electron chi connectivity index (χ2n) is 11.1. The Morgan fingerprint density at radius 1 is 0.967 bits per heavy atom. The number of carbonyl (C=O) groups is 1. The Labute approximate surface area is 189 Å². The first kappa shape index (κ1) is 30.0. The molecule has 30 heavy (non-hydrogen) atoms. The lowest BCUT2D eigenvalue weighted by atomic mass is 9.86. The van der Waals surface area contributed by atoms with Crippen LogP contribution in [0.15, 0.2) is 0 Å². The minimum absolute atomic E-state index is 0.0547. The molecular weight excluding hydrogens is 408 g/mol. The van der Waals surface area contributed by atoms with E-state index in [9.17, 15) is 9.90 Å². The lowest BCUT2D eigenvalue weighted by molar-refractivity contribution is -0.125. The highest BCUT2D eigenvalue weighted by atomic mass is 28.4. The van der Waals surface area contributed by atoms with E-state index in [4.69, 9.17) is 8.85 Å². The lowest BCUT2D eigenvalue weighted by Crippen LogP contribution is -2.49. The van der Waals surface area contributed by atoms with E-state index in [1.807, 2.05) is 20.8 Å². The molecule has 0 aromatic carbocycles. The smallest absolute Gasteiger partial charge is 0.192 e. The molecule has 6 heteroatoms. The summed E-state index contributed by atoms with van der Waals surface area (Å²) in [6.07, 6.45) is -0.582. The zero-order chi connectivity index (χ0) is 23.9. The average Bonchev–Trinajstić information content (AvgIpc) is 2.66. The SMILES string of the molecule is CC[Si](CC)(CC)O[C@@H]([C@@H](C)[C@@H](O)CC(=O)C(C)C)[C@@H](C)CO[Si](C)(C)C(C)(C)C. The van der Waals surface area contributed by atoms with E-state index in [0.29, 0.717) is 6.61 Å². The molecule has 0 aliphatic carbocycles. The van der Waals surface area contributed by atoms with E-state index >= 15 is 0 Å². The number of hydrogen-bond donors (Lipinski definition) is 1. The van der Waals surface area contributed by atoms with E-state index in [2.05, 4.69) is 61.6 Å². The third-order valence-electron chi connectivity index (χ3n) is 7.57. The summed E-state index contributed by atoms with van der Waals surface area (Å²) >= 11 is 0. The Hall–Kier alpha value is -0.0162. The van der Waals surface area contributed by atoms with Crippen molar-refractivity contribution >= 4 is 22.4 Å². The maximum absolute atomic E-state index is 12.3. The van der Waals surface area contributed by atoms with Gasteiger partial charge in [0, 0.05) is 30.8 Å². The van der Waals surface area contributed by atoms with E-state index in [1.165, 1.54) is 0 Å². The van der Waals surface area contributed by atoms with E-state index in [1.54, 1.807) is 0 Å². The first-order valence-corrected chi connectivity index (χ1v) is 17.5. The van der Waals surface area contributed by atoms with Gasteiger partial charge in [0.25, 0.3) is 0 Å². The van der Waals surface area contributed by atoms with E-state index < -0.39 is 22.7 Å². The average molecular weight is 461 g/mol. The van der Waals surface area contributed by atoms with Crippen LogP contribution in [0.2, 0.25) is 36.3 Å². The van der Waals surface area contributed by atoms with Gasteiger partial charge in [0.1, 0.15) is 5.78 Å². The number of aliphatic hydroxyl groups is 1. The summed E-state index contributed by atoms with van der Waals surface area (Å²) in [5.74, 6) is 0.112. The van der Waals surface area contributed by atoms with Crippen LogP contribution in [0, 0.1) is 17.8 Å². The van der Waals surface area contributed by atoms with Crippen molar-refractivity contribution in [1.29, 1.82) is 0 Å². The molecule has 0 amide bonds. The fourth-order valence-electron chi connectivity index (χ4n) is 3.53. The standard InChI is InChI=1S/C24H52O4Si2/c1-13-30(14-2,15-3)28-23(20(7)22(26)16-21(25)18(4)5)19(6)17-27-29(11,12)24(8,9)10/h18-20,22-23,26H,13-17H2,1-12H3/t19-,20-,22-,23+/m0/s1. The fourth-order valence-corrected chi connectivity index (χ4v) is 7.67. The minimum Gasteiger partial charge on any atom is -0.416 e. The molecule has 0 spiro atoms. The zero-order valence-corrected chi connectivity index (χ0v) is 24.1. The highest BCUT2D eigenvalue weighted by molar-refractivity contribution is 6.74. The van der Waals surface area contributed by atoms with E-state index in [-0.39, 0.29) is 41.1 Å². The number of Topliss-reactive ketones (excluding diaryl/α,β-unsaturated/α-hetero) is 1. The summed E-state index contributed by atoms with van der Waals surface area (Å²) < 4.78 is 13.5. The Balaban J connectivity index is 5.63. The number of ketones is 1. The van der Waals surface area contributed by atoms with Gasteiger partial charge >= 0.3 is 0 Å². The third-order valence-corrected chi connectivity index (χ3v) is 16.7. The Morgan fingerprint density at radius 2 is 1.43 bits per heavy atom. The topological polar surface area (TPSA) is 55.8 Å². The molecule has 4 nitrogen and oxygen atoms in total. The molecule has 0 saturated carbocycles. The normalized spacial score (nSPS) is 17.7. The van der Waals surface area contributed by atoms with Crippen LogP contribution in [0.5, 0.6) is 0 Å². The summed E-state index contributed by atoms with van der Waals surface area (Å²) in [7, 11) is -3.73. The van der Waals surface area contributed by atoms with Crippen LogP contribution in [0.1, 0.15) is 75.7 Å². The van der Waals surface area contributed by atoms with Gasteiger partial charge in [-0.1, -0.05) is 69.2 Å². The van der Waals surface area contributed by atoms with Crippen LogP contribution in [0.25, 0.3) is 0 Å². The monoisotopic (exact) mass is 460 g/mol. The maximum atomic E-state index is 12.3. The van der Waals surface area contributed by atoms with Crippen molar-refractivity contribution in [3.8, 4) is 0 Å². The summed E-state index contributed by atoms with van der Waals surface area (Å²) in [4.78, 5) is 12.3. The molecule has 0 aliphatic heterocycles. The van der Waals surface area contributed by atoms with Gasteiger partial charge in [0.15, 0.2) is 16.6 Å². The number of aliphatic hydroxyl groups excluding tert-OH is 1. The van der Waals surface area contributed by atoms with Gasteiger partial charge < -0.3 is 14.0 Å². The van der Waals surface area contributed by atoms with Crippen LogP contribution in [-0.4, -0.2) is 46.3 Å². The van der Waals surface area contributed by atoms with Gasteiger partial charge in [-0.3, -0.25) is 4.79 Å². The number of hydrogen-bond acceptors (Lipinski definition) is 4. The molecule has 0 radical (unpaired) electrons. The zero-order valence-electron chi connectivity index (χ0n) is 22.1. The molecule has 0 aromatic rings. The van der Waals surface area contributed by atoms with Crippen LogP contribution in [-0.2, 0) is 13.6 Å². The molecule has 0 fully saturated rings. The van der Waals surface area contributed by atoms with Gasteiger partial charge in [-0.2, -0.15) is 0 Å². The Morgan fingerprint density at radius 3 is 1.80 bits per heavy atom. The highest BCUT2D eigenvalue weighted by Gasteiger charge is 2.41. The van der Waals surface area contributed by atoms with Crippen LogP contribution in [0.4, 0.5) is 0 Å². The van der Waals surface area contributed by atoms with Crippen LogP contribution in [0.3, 0.4) is 0 Å². The third kappa shape index (κ3) is 8.49. The first-order valence-electron chi connectivity index (χ1n) is 12.1. The molecule has 0 rings (SSSR count). The number of carbonyl (C=O) groups excluding carboxylic acids is 1. The quantitative estimate of drug-likeness (QED) is 0.295. The van der Waals surface area contributed by atoms with Crippen LogP contribution < -0.4 is 0 Å². The molecule has 180 valence electrons. The summed E-state index contributed by atoms with van der Waals surface area (Å²) in [5, 5.41) is 11.1. The van der Waals surface area contributed by atoms with Crippen molar-refractivity contribution in [2.24, 2.45) is 17.8 Å². The summed E-state index contributed by atoms with van der Waals surface area (Å²) in [6.45, 7) is 26.7. The molecule has 0 heterocycles. The fraction of sp³-hybridized carbons (Fsp3) is 0.958. The first-order chi connectivity index (χ1) is 13.6. The van der Waals surface area contributed by atoms with E-state index in [0.717, 1.165) is 18.1 Å². The minimum atomic E-state index is -1.87. The molecule has 0 aromatic heterocycles. The molecule has 0 bridgehead atoms. The molecule has 0 aliphatic rings. The Kier molecular flexibility index (Phi) is 12.3.